The van der Waals surface area contributed by atoms with E-state index >= 15 is 0 Å². The van der Waals surface area contributed by atoms with Crippen molar-refractivity contribution in [2.75, 3.05) is 0 Å². The molecule has 1 heterocycles. The van der Waals surface area contributed by atoms with Crippen LogP contribution in [0.5, 0.6) is 0 Å². The van der Waals surface area contributed by atoms with Crippen LogP contribution in [0.3, 0.4) is 0 Å². The summed E-state index contributed by atoms with van der Waals surface area (Å²) < 4.78 is 6.94. The van der Waals surface area contributed by atoms with Crippen LogP contribution in [0.1, 0.15) is 31.7 Å². The minimum absolute atomic E-state index is 0.0260. The molecule has 1 aromatic carbocycles. The van der Waals surface area contributed by atoms with Crippen LogP contribution in [-0.4, -0.2) is 12.2 Å². The van der Waals surface area contributed by atoms with Crippen molar-refractivity contribution < 1.29 is 4.74 Å². The van der Waals surface area contributed by atoms with Gasteiger partial charge in [0.05, 0.1) is 17.6 Å². The Hall–Kier alpha value is -0.0500. The lowest BCUT2D eigenvalue weighted by atomic mass is 9.84. The molecule has 0 aromatic heterocycles. The van der Waals surface area contributed by atoms with Crippen LogP contribution in [0.2, 0.25) is 0 Å². The lowest BCUT2D eigenvalue weighted by Gasteiger charge is -2.24. The predicted octanol–water partition coefficient (Wildman–Crippen LogP) is 4.79. The number of hydrogen-bond donors (Lipinski definition) is 0. The van der Waals surface area contributed by atoms with Gasteiger partial charge in [0.2, 0.25) is 0 Å². The first-order valence-electron chi connectivity index (χ1n) is 6.05. The molecule has 2 rings (SSSR count). The number of benzene rings is 1. The largest absolute Gasteiger partial charge is 0.375 e. The summed E-state index contributed by atoms with van der Waals surface area (Å²) in [7, 11) is 0. The standard InChI is InChI=1S/C14H18BrClO/c1-8-9(2)17-10(3)13(8)14(16)11-4-6-12(15)7-5-11/h4-10,13-14H,1-3H3. The monoisotopic (exact) mass is 316 g/mol. The lowest BCUT2D eigenvalue weighted by molar-refractivity contribution is 0.0508. The Labute approximate surface area is 117 Å². The molecule has 1 nitrogen and oxygen atoms in total. The Bertz CT molecular complexity index is 378. The molecule has 5 unspecified atom stereocenters. The van der Waals surface area contributed by atoms with Crippen molar-refractivity contribution in [2.45, 2.75) is 38.4 Å². The molecule has 1 saturated heterocycles. The average molecular weight is 318 g/mol. The van der Waals surface area contributed by atoms with Crippen LogP contribution in [-0.2, 0) is 4.74 Å². The second-order valence-electron chi connectivity index (χ2n) is 4.94. The van der Waals surface area contributed by atoms with Crippen molar-refractivity contribution in [3.05, 3.63) is 34.3 Å². The summed E-state index contributed by atoms with van der Waals surface area (Å²) in [6.45, 7) is 6.48. The van der Waals surface area contributed by atoms with Gasteiger partial charge in [0, 0.05) is 10.4 Å². The Morgan fingerprint density at radius 3 is 2.18 bits per heavy atom. The molecule has 3 heteroatoms. The zero-order valence-electron chi connectivity index (χ0n) is 10.4. The average Bonchev–Trinajstić information content (AvgIpc) is 2.53. The Kier molecular flexibility index (Phi) is 4.17. The van der Waals surface area contributed by atoms with E-state index < -0.39 is 0 Å². The van der Waals surface area contributed by atoms with Gasteiger partial charge in [0.1, 0.15) is 0 Å². The molecule has 0 bridgehead atoms. The summed E-state index contributed by atoms with van der Waals surface area (Å²) in [5.74, 6) is 0.879. The van der Waals surface area contributed by atoms with Gasteiger partial charge in [-0.25, -0.2) is 0 Å². The fourth-order valence-corrected chi connectivity index (χ4v) is 3.51. The van der Waals surface area contributed by atoms with Gasteiger partial charge in [-0.3, -0.25) is 0 Å². The molecular formula is C14H18BrClO. The van der Waals surface area contributed by atoms with Crippen molar-refractivity contribution in [1.82, 2.24) is 0 Å². The third kappa shape index (κ3) is 2.69. The minimum Gasteiger partial charge on any atom is -0.375 e. The van der Waals surface area contributed by atoms with Crippen LogP contribution < -0.4 is 0 Å². The van der Waals surface area contributed by atoms with Gasteiger partial charge < -0.3 is 4.74 Å². The van der Waals surface area contributed by atoms with E-state index in [0.717, 1.165) is 4.47 Å². The number of halogens is 2. The van der Waals surface area contributed by atoms with E-state index in [4.69, 9.17) is 16.3 Å². The molecule has 1 aliphatic rings. The van der Waals surface area contributed by atoms with Gasteiger partial charge >= 0.3 is 0 Å². The first kappa shape index (κ1) is 13.4. The van der Waals surface area contributed by atoms with E-state index in [9.17, 15) is 0 Å². The lowest BCUT2D eigenvalue weighted by Crippen LogP contribution is -2.22. The van der Waals surface area contributed by atoms with E-state index in [-0.39, 0.29) is 11.5 Å². The molecule has 1 aliphatic heterocycles. The summed E-state index contributed by atoms with van der Waals surface area (Å²) in [4.78, 5) is 0. The molecule has 0 saturated carbocycles. The normalized spacial score (nSPS) is 34.9. The highest BCUT2D eigenvalue weighted by molar-refractivity contribution is 9.10. The first-order chi connectivity index (χ1) is 8.00. The number of hydrogen-bond acceptors (Lipinski definition) is 1. The maximum Gasteiger partial charge on any atom is 0.0641 e. The van der Waals surface area contributed by atoms with Crippen molar-refractivity contribution in [3.8, 4) is 0 Å². The molecule has 17 heavy (non-hydrogen) atoms. The van der Waals surface area contributed by atoms with Crippen LogP contribution in [0.25, 0.3) is 0 Å². The molecule has 1 fully saturated rings. The molecular weight excluding hydrogens is 300 g/mol. The van der Waals surface area contributed by atoms with Crippen molar-refractivity contribution in [3.63, 3.8) is 0 Å². The van der Waals surface area contributed by atoms with E-state index in [1.54, 1.807) is 0 Å². The van der Waals surface area contributed by atoms with E-state index in [1.807, 2.05) is 12.1 Å². The molecule has 94 valence electrons. The Morgan fingerprint density at radius 1 is 1.12 bits per heavy atom. The van der Waals surface area contributed by atoms with Crippen LogP contribution >= 0.6 is 27.5 Å². The number of alkyl halides is 1. The third-order valence-electron chi connectivity index (χ3n) is 3.85. The molecule has 0 aliphatic carbocycles. The summed E-state index contributed by atoms with van der Waals surface area (Å²) in [5, 5.41) is 0.0260. The zero-order chi connectivity index (χ0) is 12.6. The maximum atomic E-state index is 6.62. The summed E-state index contributed by atoms with van der Waals surface area (Å²) in [5.41, 5.74) is 1.18. The Morgan fingerprint density at radius 2 is 1.71 bits per heavy atom. The fraction of sp³-hybridized carbons (Fsp3) is 0.571. The van der Waals surface area contributed by atoms with Crippen molar-refractivity contribution >= 4 is 27.5 Å². The maximum absolute atomic E-state index is 6.62. The van der Waals surface area contributed by atoms with Gasteiger partial charge in [-0.1, -0.05) is 35.0 Å². The molecule has 5 atom stereocenters. The topological polar surface area (TPSA) is 9.23 Å². The SMILES string of the molecule is CC1OC(C)C(C(Cl)c2ccc(Br)cc2)C1C. The second kappa shape index (κ2) is 5.29. The van der Waals surface area contributed by atoms with Crippen molar-refractivity contribution in [1.29, 1.82) is 0 Å². The predicted molar refractivity (Wildman–Crippen MR) is 75.4 cm³/mol. The smallest absolute Gasteiger partial charge is 0.0641 e. The van der Waals surface area contributed by atoms with E-state index in [0.29, 0.717) is 17.9 Å². The van der Waals surface area contributed by atoms with Gasteiger partial charge in [-0.2, -0.15) is 0 Å². The van der Waals surface area contributed by atoms with E-state index in [1.165, 1.54) is 5.56 Å². The van der Waals surface area contributed by atoms with Crippen LogP contribution in [0.4, 0.5) is 0 Å². The van der Waals surface area contributed by atoms with E-state index in [2.05, 4.69) is 48.8 Å². The molecule has 0 N–H and O–H groups in total. The number of rotatable bonds is 2. The highest BCUT2D eigenvalue weighted by atomic mass is 79.9. The van der Waals surface area contributed by atoms with Gasteiger partial charge in [0.15, 0.2) is 0 Å². The highest BCUT2D eigenvalue weighted by Gasteiger charge is 2.41. The summed E-state index contributed by atoms with van der Waals surface area (Å²) in [6, 6.07) is 8.26. The molecule has 1 aromatic rings. The molecule has 0 amide bonds. The summed E-state index contributed by atoms with van der Waals surface area (Å²) in [6.07, 6.45) is 0.526. The first-order valence-corrected chi connectivity index (χ1v) is 7.28. The van der Waals surface area contributed by atoms with Crippen LogP contribution in [0.15, 0.2) is 28.7 Å². The molecule has 0 spiro atoms. The van der Waals surface area contributed by atoms with Gasteiger partial charge in [-0.05, 0) is 37.5 Å². The summed E-state index contributed by atoms with van der Waals surface area (Å²) >= 11 is 10.1. The van der Waals surface area contributed by atoms with Gasteiger partial charge in [0.25, 0.3) is 0 Å². The second-order valence-corrected chi connectivity index (χ2v) is 6.32. The third-order valence-corrected chi connectivity index (χ3v) is 4.92. The quantitative estimate of drug-likeness (QED) is 0.713. The van der Waals surface area contributed by atoms with Crippen molar-refractivity contribution in [2.24, 2.45) is 11.8 Å². The minimum atomic E-state index is 0.0260. The number of ether oxygens (including phenoxy) is 1. The highest BCUT2D eigenvalue weighted by Crippen LogP contribution is 2.43. The Balaban J connectivity index is 2.19. The van der Waals surface area contributed by atoms with Gasteiger partial charge in [-0.15, -0.1) is 11.6 Å². The zero-order valence-corrected chi connectivity index (χ0v) is 12.7. The fourth-order valence-electron chi connectivity index (χ4n) is 2.67. The molecule has 0 radical (unpaired) electrons. The van der Waals surface area contributed by atoms with Crippen LogP contribution in [0, 0.1) is 11.8 Å².